The first-order chi connectivity index (χ1) is 17.2. The largest absolute Gasteiger partial charge is 0.374 e. The predicted molar refractivity (Wildman–Crippen MR) is 149 cm³/mol. The van der Waals surface area contributed by atoms with Crippen LogP contribution in [-0.2, 0) is 19.8 Å². The lowest BCUT2D eigenvalue weighted by atomic mass is 9.86. The van der Waals surface area contributed by atoms with Crippen LogP contribution in [0.1, 0.15) is 78.9 Å². The number of carbonyl (C=O) groups excluding carboxylic acids is 3. The van der Waals surface area contributed by atoms with Gasteiger partial charge >= 0.3 is 0 Å². The lowest BCUT2D eigenvalue weighted by molar-refractivity contribution is -0.138. The quantitative estimate of drug-likeness (QED) is 0.528. The van der Waals surface area contributed by atoms with Crippen molar-refractivity contribution in [2.45, 2.75) is 97.3 Å². The van der Waals surface area contributed by atoms with E-state index in [1.807, 2.05) is 26.0 Å². The minimum atomic E-state index is -0.625. The van der Waals surface area contributed by atoms with E-state index >= 15 is 0 Å². The normalized spacial score (nSPS) is 21.4. The summed E-state index contributed by atoms with van der Waals surface area (Å²) < 4.78 is 0. The first-order valence-corrected chi connectivity index (χ1v) is 13.7. The highest BCUT2D eigenvalue weighted by Crippen LogP contribution is 2.32. The Kier molecular flexibility index (Phi) is 8.89. The van der Waals surface area contributed by atoms with Crippen molar-refractivity contribution in [2.24, 2.45) is 17.6 Å². The maximum atomic E-state index is 13.8. The van der Waals surface area contributed by atoms with Gasteiger partial charge in [0, 0.05) is 12.2 Å². The minimum Gasteiger partial charge on any atom is -0.374 e. The highest BCUT2D eigenvalue weighted by molar-refractivity contribution is 5.99. The lowest BCUT2D eigenvalue weighted by Gasteiger charge is -2.30. The van der Waals surface area contributed by atoms with Gasteiger partial charge in [-0.15, -0.1) is 0 Å². The van der Waals surface area contributed by atoms with Crippen LogP contribution in [0, 0.1) is 11.8 Å². The Morgan fingerprint density at radius 2 is 1.62 bits per heavy atom. The Hall–Kier alpha value is -2.67. The van der Waals surface area contributed by atoms with E-state index in [4.69, 9.17) is 5.73 Å². The van der Waals surface area contributed by atoms with E-state index in [-0.39, 0.29) is 47.4 Å². The number of hydrogen-bond donors (Lipinski definition) is 2. The molecular weight excluding hydrogens is 464 g/mol. The number of ketones is 1. The van der Waals surface area contributed by atoms with Crippen LogP contribution >= 0.6 is 0 Å². The maximum Gasteiger partial charge on any atom is 0.245 e. The third kappa shape index (κ3) is 6.61. The van der Waals surface area contributed by atoms with Crippen LogP contribution in [0.4, 0.5) is 0 Å². The number of fused-ring (bicyclic) bond motifs is 1. The number of rotatable bonds is 9. The van der Waals surface area contributed by atoms with E-state index in [1.54, 1.807) is 9.80 Å². The van der Waals surface area contributed by atoms with Gasteiger partial charge in [0.25, 0.3) is 0 Å². The first kappa shape index (κ1) is 28.9. The Morgan fingerprint density at radius 3 is 2.16 bits per heavy atom. The van der Waals surface area contributed by atoms with E-state index in [0.717, 1.165) is 5.56 Å². The van der Waals surface area contributed by atoms with E-state index in [9.17, 15) is 14.4 Å². The van der Waals surface area contributed by atoms with Crippen LogP contribution in [0.2, 0.25) is 0 Å². The smallest absolute Gasteiger partial charge is 0.245 e. The number of likely N-dealkylation sites (tertiary alicyclic amines) is 2. The molecule has 0 radical (unpaired) electrons. The molecule has 0 aromatic heterocycles. The molecule has 204 valence electrons. The molecule has 0 unspecified atom stereocenters. The highest BCUT2D eigenvalue weighted by Gasteiger charge is 2.52. The number of Topliss-reactive ketones (excluding diaryl/α,β-unsaturated/α-hetero) is 1. The summed E-state index contributed by atoms with van der Waals surface area (Å²) in [4.78, 5) is 43.2. The summed E-state index contributed by atoms with van der Waals surface area (Å²) in [6.07, 6.45) is 1.77. The minimum absolute atomic E-state index is 0.0266. The van der Waals surface area contributed by atoms with Gasteiger partial charge < -0.3 is 20.9 Å². The molecule has 1 aromatic carbocycles. The van der Waals surface area contributed by atoms with Crippen molar-refractivity contribution < 1.29 is 14.4 Å². The molecule has 7 nitrogen and oxygen atoms in total. The zero-order valence-corrected chi connectivity index (χ0v) is 23.7. The molecule has 1 aromatic rings. The van der Waals surface area contributed by atoms with Gasteiger partial charge in [-0.05, 0) is 47.6 Å². The fourth-order valence-corrected chi connectivity index (χ4v) is 5.54. The average molecular weight is 511 g/mol. The molecule has 3 N–H and O–H groups in total. The number of hydrogen-bond acceptors (Lipinski definition) is 5. The summed E-state index contributed by atoms with van der Waals surface area (Å²) in [6.45, 7) is 19.4. The summed E-state index contributed by atoms with van der Waals surface area (Å²) in [5, 5.41) is 3.37. The molecule has 4 atom stereocenters. The molecular formula is C30H46N4O3. The SMILES string of the molecule is C=C(N[C@@H](CC(C)C)C(=O)N1CC[C@@H]2[C@H]1C(=O)CN2C(=O)[C@@H](N)CC(C)C)c1ccc(C(C)(C)C)cc1. The summed E-state index contributed by atoms with van der Waals surface area (Å²) in [7, 11) is 0. The molecule has 2 aliphatic rings. The van der Waals surface area contributed by atoms with Crippen molar-refractivity contribution in [3.05, 3.63) is 42.0 Å². The van der Waals surface area contributed by atoms with E-state index in [0.29, 0.717) is 31.5 Å². The fraction of sp³-hybridized carbons (Fsp3) is 0.633. The summed E-state index contributed by atoms with van der Waals surface area (Å²) in [6, 6.07) is 6.23. The summed E-state index contributed by atoms with van der Waals surface area (Å²) >= 11 is 0. The van der Waals surface area contributed by atoms with Gasteiger partial charge in [-0.3, -0.25) is 14.4 Å². The van der Waals surface area contributed by atoms with Gasteiger partial charge in [0.05, 0.1) is 18.6 Å². The molecule has 7 heteroatoms. The second-order valence-corrected chi connectivity index (χ2v) is 12.6. The highest BCUT2D eigenvalue weighted by atomic mass is 16.2. The van der Waals surface area contributed by atoms with Crippen LogP contribution in [0.25, 0.3) is 5.70 Å². The number of amides is 2. The number of carbonyl (C=O) groups is 3. The van der Waals surface area contributed by atoms with E-state index in [2.05, 4.69) is 58.6 Å². The Balaban J connectivity index is 1.75. The monoisotopic (exact) mass is 510 g/mol. The van der Waals surface area contributed by atoms with E-state index < -0.39 is 18.1 Å². The van der Waals surface area contributed by atoms with Gasteiger partial charge in [0.15, 0.2) is 5.78 Å². The Morgan fingerprint density at radius 1 is 1.03 bits per heavy atom. The molecule has 2 heterocycles. The van der Waals surface area contributed by atoms with Crippen molar-refractivity contribution in [1.29, 1.82) is 0 Å². The van der Waals surface area contributed by atoms with Gasteiger partial charge in [-0.2, -0.15) is 0 Å². The Bertz CT molecular complexity index is 1010. The first-order valence-electron chi connectivity index (χ1n) is 13.7. The molecule has 2 aliphatic heterocycles. The maximum absolute atomic E-state index is 13.8. The van der Waals surface area contributed by atoms with Crippen molar-refractivity contribution >= 4 is 23.3 Å². The third-order valence-electron chi connectivity index (χ3n) is 7.48. The molecule has 0 spiro atoms. The molecule has 0 bridgehead atoms. The van der Waals surface area contributed by atoms with Crippen LogP contribution in [0.3, 0.4) is 0 Å². The van der Waals surface area contributed by atoms with E-state index in [1.165, 1.54) is 5.56 Å². The van der Waals surface area contributed by atoms with Crippen LogP contribution in [0.5, 0.6) is 0 Å². The van der Waals surface area contributed by atoms with Crippen molar-refractivity contribution in [2.75, 3.05) is 13.1 Å². The fourth-order valence-electron chi connectivity index (χ4n) is 5.54. The molecule has 3 rings (SSSR count). The number of benzene rings is 1. The molecule has 37 heavy (non-hydrogen) atoms. The standard InChI is InChI=1S/C30H46N4O3/c1-18(2)15-23(31)28(36)34-17-26(35)27-25(34)13-14-33(27)29(37)24(16-19(3)4)32-20(5)21-9-11-22(12-10-21)30(6,7)8/h9-12,18-19,23-25,27,32H,5,13-17,31H2,1-4,6-8H3/t23-,24-,25+,27-/m0/s1. The van der Waals surface area contributed by atoms with Crippen molar-refractivity contribution in [1.82, 2.24) is 15.1 Å². The molecule has 0 aliphatic carbocycles. The van der Waals surface area contributed by atoms with Crippen molar-refractivity contribution in [3.63, 3.8) is 0 Å². The van der Waals surface area contributed by atoms with Gasteiger partial charge in [-0.25, -0.2) is 0 Å². The summed E-state index contributed by atoms with van der Waals surface area (Å²) in [5.74, 6) is 0.175. The number of nitrogens with one attached hydrogen (secondary N) is 1. The van der Waals surface area contributed by atoms with Gasteiger partial charge in [0.1, 0.15) is 12.1 Å². The average Bonchev–Trinajstić information content (AvgIpc) is 3.37. The predicted octanol–water partition coefficient (Wildman–Crippen LogP) is 3.71. The summed E-state index contributed by atoms with van der Waals surface area (Å²) in [5.41, 5.74) is 9.06. The zero-order valence-electron chi connectivity index (χ0n) is 23.7. The third-order valence-corrected chi connectivity index (χ3v) is 7.48. The molecule has 0 saturated carbocycles. The molecule has 2 amide bonds. The topological polar surface area (TPSA) is 95.7 Å². The molecule has 2 fully saturated rings. The van der Waals surface area contributed by atoms with Crippen LogP contribution < -0.4 is 11.1 Å². The van der Waals surface area contributed by atoms with Crippen LogP contribution in [0.15, 0.2) is 30.8 Å². The molecule has 2 saturated heterocycles. The van der Waals surface area contributed by atoms with Crippen LogP contribution in [-0.4, -0.2) is 64.7 Å². The zero-order chi connectivity index (χ0) is 27.7. The van der Waals surface area contributed by atoms with Gasteiger partial charge in [-0.1, -0.05) is 79.3 Å². The lowest BCUT2D eigenvalue weighted by Crippen LogP contribution is -2.51. The van der Waals surface area contributed by atoms with Gasteiger partial charge in [0.2, 0.25) is 11.8 Å². The Labute approximate surface area is 222 Å². The number of nitrogens with zero attached hydrogens (tertiary/aromatic N) is 2. The second kappa shape index (κ2) is 11.4. The second-order valence-electron chi connectivity index (χ2n) is 12.6. The number of nitrogens with two attached hydrogens (primary N) is 1. The van der Waals surface area contributed by atoms with Crippen molar-refractivity contribution in [3.8, 4) is 0 Å².